The average molecular weight is 498 g/mol. The summed E-state index contributed by atoms with van der Waals surface area (Å²) < 4.78 is 36.6. The van der Waals surface area contributed by atoms with E-state index in [1.54, 1.807) is 42.5 Å². The Kier molecular flexibility index (Phi) is 8.05. The minimum absolute atomic E-state index is 0. The van der Waals surface area contributed by atoms with Crippen molar-refractivity contribution in [3.05, 3.63) is 63.1 Å². The number of hydrogen-bond acceptors (Lipinski definition) is 6. The van der Waals surface area contributed by atoms with E-state index >= 15 is 0 Å². The zero-order valence-corrected chi connectivity index (χ0v) is 20.3. The first-order valence-corrected chi connectivity index (χ1v) is 9.84. The number of oxime groups is 1. The largest absolute Gasteiger partial charge is 1.00 e. The smallest absolute Gasteiger partial charge is 0.714 e. The maximum atomic E-state index is 13.0. The van der Waals surface area contributed by atoms with Crippen molar-refractivity contribution in [2.24, 2.45) is 5.16 Å². The average Bonchev–Trinajstić information content (AvgIpc) is 2.58. The number of rotatable bonds is 3. The summed E-state index contributed by atoms with van der Waals surface area (Å²) in [5, 5.41) is 3.83. The summed E-state index contributed by atoms with van der Waals surface area (Å²) >= 11 is 9.41. The molecule has 11 heteroatoms. The molecule has 0 saturated carbocycles. The molecule has 0 unspecified atom stereocenters. The Bertz CT molecular complexity index is 1020. The molecule has 2 aromatic rings. The third-order valence-electron chi connectivity index (χ3n) is 3.72. The van der Waals surface area contributed by atoms with Gasteiger partial charge in [0.2, 0.25) is 0 Å². The molecule has 1 aliphatic heterocycles. The molecule has 7 nitrogen and oxygen atoms in total. The third kappa shape index (κ3) is 5.61. The summed E-state index contributed by atoms with van der Waals surface area (Å²) in [7, 11) is -4.96. The standard InChI is InChI=1S/C16H12BrClN2O5S.K/c17-13-4-2-1-3-11(13)16(21)20-8-7-14(19-25-26(22,23)24)12-6-5-10(18)9-15(12)20;/h1-6,9H,7-8H2,(H,22,23,24);/q;+1/p-1/b19-14-;. The zero-order chi connectivity index (χ0) is 18.9. The number of carbonyl (C=O) groups excluding carboxylic acids is 1. The normalized spacial score (nSPS) is 15.1. The van der Waals surface area contributed by atoms with Crippen LogP contribution in [-0.4, -0.2) is 31.1 Å². The Morgan fingerprint density at radius 3 is 2.63 bits per heavy atom. The third-order valence-corrected chi connectivity index (χ3v) is 4.91. The van der Waals surface area contributed by atoms with E-state index in [1.165, 1.54) is 4.90 Å². The van der Waals surface area contributed by atoms with E-state index in [9.17, 15) is 17.8 Å². The quantitative estimate of drug-likeness (QED) is 0.263. The van der Waals surface area contributed by atoms with E-state index in [1.807, 2.05) is 0 Å². The summed E-state index contributed by atoms with van der Waals surface area (Å²) in [6.07, 6.45) is 0.209. The molecule has 2 aromatic carbocycles. The molecule has 0 radical (unpaired) electrons. The van der Waals surface area contributed by atoms with Crippen molar-refractivity contribution >= 4 is 55.2 Å². The van der Waals surface area contributed by atoms with Crippen LogP contribution in [0.1, 0.15) is 22.3 Å². The van der Waals surface area contributed by atoms with E-state index in [0.717, 1.165) is 0 Å². The van der Waals surface area contributed by atoms with E-state index in [-0.39, 0.29) is 76.0 Å². The minimum Gasteiger partial charge on any atom is -0.714 e. The predicted octanol–water partition coefficient (Wildman–Crippen LogP) is 0.338. The van der Waals surface area contributed by atoms with Gasteiger partial charge in [-0.15, -0.1) is 0 Å². The molecule has 27 heavy (non-hydrogen) atoms. The van der Waals surface area contributed by atoms with Gasteiger partial charge in [0, 0.05) is 28.0 Å². The van der Waals surface area contributed by atoms with Crippen molar-refractivity contribution in [3.63, 3.8) is 0 Å². The van der Waals surface area contributed by atoms with Gasteiger partial charge in [-0.1, -0.05) is 28.9 Å². The molecule has 1 aliphatic rings. The summed E-state index contributed by atoms with van der Waals surface area (Å²) in [5.41, 5.74) is 1.63. The zero-order valence-electron chi connectivity index (χ0n) is 14.1. The van der Waals surface area contributed by atoms with Crippen LogP contribution in [-0.2, 0) is 14.7 Å². The molecule has 0 aliphatic carbocycles. The SMILES string of the molecule is O=C(c1ccccc1Br)N1CC/C(=N/OS(=O)(=O)[O-])c2ccc(Cl)cc21.[K+]. The Balaban J connectivity index is 0.00000261. The van der Waals surface area contributed by atoms with Crippen LogP contribution < -0.4 is 56.3 Å². The van der Waals surface area contributed by atoms with Crippen LogP contribution >= 0.6 is 27.5 Å². The molecule has 0 fully saturated rings. The number of fused-ring (bicyclic) bond motifs is 1. The Morgan fingerprint density at radius 2 is 1.96 bits per heavy atom. The van der Waals surface area contributed by atoms with Crippen molar-refractivity contribution in [1.29, 1.82) is 0 Å². The van der Waals surface area contributed by atoms with Crippen LogP contribution in [0.2, 0.25) is 5.02 Å². The first-order valence-electron chi connectivity index (χ1n) is 7.34. The second-order valence-corrected chi connectivity index (χ2v) is 7.63. The first-order chi connectivity index (χ1) is 12.3. The molecule has 0 spiro atoms. The number of hydrogen-bond donors (Lipinski definition) is 0. The Hall–Kier alpha value is -0.304. The van der Waals surface area contributed by atoms with E-state index < -0.39 is 10.4 Å². The number of carbonyl (C=O) groups is 1. The van der Waals surface area contributed by atoms with Crippen molar-refractivity contribution < 1.29 is 73.4 Å². The van der Waals surface area contributed by atoms with Crippen molar-refractivity contribution in [3.8, 4) is 0 Å². The van der Waals surface area contributed by atoms with E-state index in [0.29, 0.717) is 26.3 Å². The van der Waals surface area contributed by atoms with Crippen LogP contribution in [0.25, 0.3) is 0 Å². The van der Waals surface area contributed by atoms with Gasteiger partial charge in [0.15, 0.2) is 0 Å². The molecule has 0 aromatic heterocycles. The first kappa shape index (κ1) is 23.0. The molecule has 1 heterocycles. The number of anilines is 1. The van der Waals surface area contributed by atoms with Crippen LogP contribution in [0.4, 0.5) is 5.69 Å². The summed E-state index contributed by atoms with van der Waals surface area (Å²) in [5.74, 6) is -0.252. The van der Waals surface area contributed by atoms with Gasteiger partial charge < -0.3 is 9.45 Å². The fraction of sp³-hybridized carbons (Fsp3) is 0.125. The molecule has 0 saturated heterocycles. The summed E-state index contributed by atoms with van der Waals surface area (Å²) in [4.78, 5) is 14.5. The van der Waals surface area contributed by atoms with Gasteiger partial charge in [-0.3, -0.25) is 9.08 Å². The van der Waals surface area contributed by atoms with Crippen LogP contribution in [0, 0.1) is 0 Å². The Morgan fingerprint density at radius 1 is 1.26 bits per heavy atom. The molecule has 136 valence electrons. The predicted molar refractivity (Wildman–Crippen MR) is 99.2 cm³/mol. The van der Waals surface area contributed by atoms with E-state index in [2.05, 4.69) is 25.4 Å². The van der Waals surface area contributed by atoms with E-state index in [4.69, 9.17) is 11.6 Å². The van der Waals surface area contributed by atoms with Crippen LogP contribution in [0.5, 0.6) is 0 Å². The molecule has 0 atom stereocenters. The van der Waals surface area contributed by atoms with Gasteiger partial charge in [-0.25, -0.2) is 0 Å². The second-order valence-electron chi connectivity index (χ2n) is 5.37. The van der Waals surface area contributed by atoms with Gasteiger partial charge in [0.05, 0.1) is 17.0 Å². The maximum absolute atomic E-state index is 13.0. The fourth-order valence-corrected chi connectivity index (χ4v) is 3.42. The maximum Gasteiger partial charge on any atom is 1.00 e. The summed E-state index contributed by atoms with van der Waals surface area (Å²) in [6, 6.07) is 11.7. The van der Waals surface area contributed by atoms with Crippen LogP contribution in [0.15, 0.2) is 52.1 Å². The van der Waals surface area contributed by atoms with Crippen molar-refractivity contribution in [2.75, 3.05) is 11.4 Å². The van der Waals surface area contributed by atoms with Crippen LogP contribution in [0.3, 0.4) is 0 Å². The molecular formula is C16H11BrClKN2O5S. The van der Waals surface area contributed by atoms with Gasteiger partial charge in [0.1, 0.15) is 0 Å². The number of nitrogens with zero attached hydrogens (tertiary/aromatic N) is 2. The second kappa shape index (κ2) is 9.46. The van der Waals surface area contributed by atoms with Crippen molar-refractivity contribution in [1.82, 2.24) is 0 Å². The van der Waals surface area contributed by atoms with Gasteiger partial charge >= 0.3 is 51.4 Å². The number of benzene rings is 2. The summed E-state index contributed by atoms with van der Waals surface area (Å²) in [6.45, 7) is 0.217. The topological polar surface area (TPSA) is 99.1 Å². The monoisotopic (exact) mass is 496 g/mol. The fourth-order valence-electron chi connectivity index (χ4n) is 2.62. The number of halogens is 2. The molecule has 0 N–H and O–H groups in total. The van der Waals surface area contributed by atoms with Gasteiger partial charge in [0.25, 0.3) is 16.3 Å². The molecule has 3 rings (SSSR count). The molecule has 1 amide bonds. The van der Waals surface area contributed by atoms with Gasteiger partial charge in [-0.2, -0.15) is 8.42 Å². The molecule has 0 bridgehead atoms. The van der Waals surface area contributed by atoms with Crippen molar-refractivity contribution in [2.45, 2.75) is 6.42 Å². The Labute approximate surface area is 212 Å². The minimum atomic E-state index is -4.96. The number of amides is 1. The molecular weight excluding hydrogens is 487 g/mol. The van der Waals surface area contributed by atoms with Gasteiger partial charge in [-0.05, 0) is 46.3 Å².